The third kappa shape index (κ3) is 2.08. The fourth-order valence-corrected chi connectivity index (χ4v) is 3.36. The Kier molecular flexibility index (Phi) is 2.97. The Morgan fingerprint density at radius 2 is 1.96 bits per heavy atom. The van der Waals surface area contributed by atoms with Gasteiger partial charge in [-0.15, -0.1) is 0 Å². The SMILES string of the molecule is Cc1cc2cc(C(=O)N3CCC4(C3)NC(=O)NC4=O)oc2cc1C. The smallest absolute Gasteiger partial charge is 0.322 e. The summed E-state index contributed by atoms with van der Waals surface area (Å²) in [5.74, 6) is -0.400. The summed E-state index contributed by atoms with van der Waals surface area (Å²) in [5, 5.41) is 5.74. The van der Waals surface area contributed by atoms with Crippen LogP contribution >= 0.6 is 0 Å². The van der Waals surface area contributed by atoms with Gasteiger partial charge in [-0.1, -0.05) is 0 Å². The van der Waals surface area contributed by atoms with Gasteiger partial charge in [-0.25, -0.2) is 4.79 Å². The zero-order chi connectivity index (χ0) is 17.1. The van der Waals surface area contributed by atoms with Gasteiger partial charge >= 0.3 is 6.03 Å². The van der Waals surface area contributed by atoms with Crippen molar-refractivity contribution >= 4 is 28.8 Å². The van der Waals surface area contributed by atoms with Crippen molar-refractivity contribution in [2.75, 3.05) is 13.1 Å². The molecule has 3 heterocycles. The van der Waals surface area contributed by atoms with Crippen molar-refractivity contribution < 1.29 is 18.8 Å². The molecule has 24 heavy (non-hydrogen) atoms. The highest BCUT2D eigenvalue weighted by atomic mass is 16.3. The van der Waals surface area contributed by atoms with Crippen LogP contribution in [0.15, 0.2) is 22.6 Å². The van der Waals surface area contributed by atoms with Gasteiger partial charge in [0.25, 0.3) is 11.8 Å². The highest BCUT2D eigenvalue weighted by Crippen LogP contribution is 2.28. The van der Waals surface area contributed by atoms with E-state index >= 15 is 0 Å². The minimum atomic E-state index is -1.01. The van der Waals surface area contributed by atoms with Crippen LogP contribution in [0.3, 0.4) is 0 Å². The lowest BCUT2D eigenvalue weighted by Gasteiger charge is -2.20. The Bertz CT molecular complexity index is 862. The normalized spacial score (nSPS) is 23.2. The highest BCUT2D eigenvalue weighted by Gasteiger charge is 2.51. The molecular formula is C17H17N3O4. The second kappa shape index (κ2) is 4.83. The van der Waals surface area contributed by atoms with Crippen LogP contribution in [0, 0.1) is 13.8 Å². The predicted molar refractivity (Wildman–Crippen MR) is 85.6 cm³/mol. The highest BCUT2D eigenvalue weighted by molar-refractivity contribution is 6.08. The number of rotatable bonds is 1. The van der Waals surface area contributed by atoms with Crippen LogP contribution in [0.5, 0.6) is 0 Å². The van der Waals surface area contributed by atoms with E-state index in [-0.39, 0.29) is 24.1 Å². The van der Waals surface area contributed by atoms with Crippen molar-refractivity contribution in [2.45, 2.75) is 25.8 Å². The minimum absolute atomic E-state index is 0.151. The first-order chi connectivity index (χ1) is 11.4. The summed E-state index contributed by atoms with van der Waals surface area (Å²) >= 11 is 0. The van der Waals surface area contributed by atoms with Crippen LogP contribution < -0.4 is 10.6 Å². The van der Waals surface area contributed by atoms with E-state index in [0.29, 0.717) is 18.5 Å². The average molecular weight is 327 g/mol. The summed E-state index contributed by atoms with van der Waals surface area (Å²) in [4.78, 5) is 37.6. The van der Waals surface area contributed by atoms with E-state index in [1.165, 1.54) is 0 Å². The topological polar surface area (TPSA) is 91.7 Å². The van der Waals surface area contributed by atoms with Crippen LogP contribution in [0.1, 0.15) is 28.1 Å². The molecule has 1 aromatic carbocycles. The molecule has 1 unspecified atom stereocenters. The Hall–Kier alpha value is -2.83. The number of urea groups is 1. The van der Waals surface area contributed by atoms with Gasteiger partial charge in [0.1, 0.15) is 11.1 Å². The molecule has 0 radical (unpaired) electrons. The number of imide groups is 1. The maximum absolute atomic E-state index is 12.7. The number of nitrogens with zero attached hydrogens (tertiary/aromatic N) is 1. The van der Waals surface area contributed by atoms with E-state index in [0.717, 1.165) is 16.5 Å². The molecule has 1 aromatic heterocycles. The number of furan rings is 1. The van der Waals surface area contributed by atoms with Gasteiger partial charge in [-0.05, 0) is 49.6 Å². The number of fused-ring (bicyclic) bond motifs is 1. The summed E-state index contributed by atoms with van der Waals surface area (Å²) in [7, 11) is 0. The van der Waals surface area contributed by atoms with Gasteiger partial charge in [0, 0.05) is 11.9 Å². The van der Waals surface area contributed by atoms with E-state index in [9.17, 15) is 14.4 Å². The van der Waals surface area contributed by atoms with Gasteiger partial charge in [-0.3, -0.25) is 14.9 Å². The zero-order valence-corrected chi connectivity index (χ0v) is 13.4. The number of amides is 4. The molecule has 2 fully saturated rings. The minimum Gasteiger partial charge on any atom is -0.451 e. The van der Waals surface area contributed by atoms with Crippen LogP contribution in [-0.4, -0.2) is 41.4 Å². The lowest BCUT2D eigenvalue weighted by Crippen LogP contribution is -2.49. The van der Waals surface area contributed by atoms with Crippen LogP contribution in [0.2, 0.25) is 0 Å². The fraction of sp³-hybridized carbons (Fsp3) is 0.353. The number of hydrogen-bond donors (Lipinski definition) is 2. The van der Waals surface area contributed by atoms with E-state index in [4.69, 9.17) is 4.42 Å². The molecule has 7 nitrogen and oxygen atoms in total. The molecule has 2 aliphatic rings. The lowest BCUT2D eigenvalue weighted by atomic mass is 10.00. The molecule has 0 saturated carbocycles. The van der Waals surface area contributed by atoms with E-state index in [1.54, 1.807) is 11.0 Å². The van der Waals surface area contributed by atoms with Gasteiger partial charge in [0.05, 0.1) is 6.54 Å². The summed E-state index contributed by atoms with van der Waals surface area (Å²) in [6, 6.07) is 5.12. The molecule has 2 aromatic rings. The molecule has 2 saturated heterocycles. The van der Waals surface area contributed by atoms with Crippen molar-refractivity contribution in [1.82, 2.24) is 15.5 Å². The number of benzene rings is 1. The first-order valence-corrected chi connectivity index (χ1v) is 7.82. The molecule has 2 aliphatic heterocycles. The summed E-state index contributed by atoms with van der Waals surface area (Å²) < 4.78 is 5.70. The maximum Gasteiger partial charge on any atom is 0.322 e. The molecule has 124 valence electrons. The number of likely N-dealkylation sites (tertiary alicyclic amines) is 1. The Morgan fingerprint density at radius 1 is 1.21 bits per heavy atom. The van der Waals surface area contributed by atoms with Crippen molar-refractivity contribution in [3.63, 3.8) is 0 Å². The lowest BCUT2D eigenvalue weighted by molar-refractivity contribution is -0.123. The quantitative estimate of drug-likeness (QED) is 0.776. The third-order valence-corrected chi connectivity index (χ3v) is 4.91. The number of aryl methyl sites for hydroxylation is 2. The molecule has 7 heteroatoms. The van der Waals surface area contributed by atoms with Gasteiger partial charge in [-0.2, -0.15) is 0 Å². The van der Waals surface area contributed by atoms with Crippen molar-refractivity contribution in [1.29, 1.82) is 0 Å². The second-order valence-electron chi connectivity index (χ2n) is 6.55. The van der Waals surface area contributed by atoms with Crippen molar-refractivity contribution in [2.24, 2.45) is 0 Å². The summed E-state index contributed by atoms with van der Waals surface area (Å²) in [5.41, 5.74) is 1.89. The van der Waals surface area contributed by atoms with E-state index in [2.05, 4.69) is 10.6 Å². The molecule has 1 spiro atoms. The Balaban J connectivity index is 1.61. The molecule has 0 bridgehead atoms. The largest absolute Gasteiger partial charge is 0.451 e. The second-order valence-corrected chi connectivity index (χ2v) is 6.55. The monoisotopic (exact) mass is 327 g/mol. The van der Waals surface area contributed by atoms with Crippen molar-refractivity contribution in [3.8, 4) is 0 Å². The predicted octanol–water partition coefficient (Wildman–Crippen LogP) is 1.47. The first kappa shape index (κ1) is 14.7. The molecule has 2 N–H and O–H groups in total. The third-order valence-electron chi connectivity index (χ3n) is 4.91. The summed E-state index contributed by atoms with van der Waals surface area (Å²) in [6.45, 7) is 4.54. The van der Waals surface area contributed by atoms with Crippen LogP contribution in [0.25, 0.3) is 11.0 Å². The van der Waals surface area contributed by atoms with Gasteiger partial charge in [0.2, 0.25) is 0 Å². The molecule has 4 amide bonds. The molecular weight excluding hydrogens is 310 g/mol. The number of hydrogen-bond acceptors (Lipinski definition) is 4. The molecule has 0 aliphatic carbocycles. The fourth-order valence-electron chi connectivity index (χ4n) is 3.36. The Morgan fingerprint density at radius 3 is 2.67 bits per heavy atom. The van der Waals surface area contributed by atoms with E-state index in [1.807, 2.05) is 26.0 Å². The maximum atomic E-state index is 12.7. The number of carbonyl (C=O) groups is 3. The van der Waals surface area contributed by atoms with E-state index < -0.39 is 11.6 Å². The summed E-state index contributed by atoms with van der Waals surface area (Å²) in [6.07, 6.45) is 0.398. The molecule has 4 rings (SSSR count). The zero-order valence-electron chi connectivity index (χ0n) is 13.4. The van der Waals surface area contributed by atoms with Gasteiger partial charge in [0.15, 0.2) is 5.76 Å². The average Bonchev–Trinajstić information content (AvgIpc) is 3.18. The van der Waals surface area contributed by atoms with Crippen molar-refractivity contribution in [3.05, 3.63) is 35.1 Å². The van der Waals surface area contributed by atoms with Crippen LogP contribution in [0.4, 0.5) is 4.79 Å². The standard InChI is InChI=1S/C17H17N3O4/c1-9-5-11-7-13(24-12(11)6-10(9)2)14(21)20-4-3-17(8-20)15(22)18-16(23)19-17/h5-7H,3-4,8H2,1-2H3,(H2,18,19,22,23). The number of carbonyl (C=O) groups excluding carboxylic acids is 3. The molecule has 1 atom stereocenters. The number of nitrogens with one attached hydrogen (secondary N) is 2. The van der Waals surface area contributed by atoms with Crippen LogP contribution in [-0.2, 0) is 4.79 Å². The first-order valence-electron chi connectivity index (χ1n) is 7.82. The van der Waals surface area contributed by atoms with Gasteiger partial charge < -0.3 is 14.6 Å². The Labute approximate surface area is 138 Å².